The van der Waals surface area contributed by atoms with Gasteiger partial charge in [-0.15, -0.1) is 0 Å². The first kappa shape index (κ1) is 16.7. The highest BCUT2D eigenvalue weighted by Crippen LogP contribution is 2.29. The van der Waals surface area contributed by atoms with Gasteiger partial charge in [0, 0.05) is 28.8 Å². The van der Waals surface area contributed by atoms with E-state index in [1.807, 2.05) is 50.2 Å². The number of nitrogens with zero attached hydrogens (tertiary/aromatic N) is 1. The molecule has 2 aromatic rings. The second-order valence-electron chi connectivity index (χ2n) is 6.19. The molecule has 24 heavy (non-hydrogen) atoms. The molecule has 1 aliphatic rings. The summed E-state index contributed by atoms with van der Waals surface area (Å²) in [5.41, 5.74) is 3.84. The van der Waals surface area contributed by atoms with Crippen molar-refractivity contribution in [2.24, 2.45) is 5.92 Å². The van der Waals surface area contributed by atoms with Crippen molar-refractivity contribution in [2.75, 3.05) is 16.8 Å². The van der Waals surface area contributed by atoms with Crippen LogP contribution in [0.3, 0.4) is 0 Å². The highest BCUT2D eigenvalue weighted by molar-refractivity contribution is 9.10. The van der Waals surface area contributed by atoms with Gasteiger partial charge in [0.2, 0.25) is 11.8 Å². The summed E-state index contributed by atoms with van der Waals surface area (Å²) in [6, 6.07) is 13.4. The molecule has 3 rings (SSSR count). The van der Waals surface area contributed by atoms with E-state index in [4.69, 9.17) is 0 Å². The Kier molecular flexibility index (Phi) is 4.71. The standard InChI is InChI=1S/C19H19BrN2O2/c1-12-3-8-17(13(2)9-12)22-11-14(10-18(22)23)19(24)21-16-6-4-15(20)5-7-16/h3-9,14H,10-11H2,1-2H3,(H,21,24)/t14-/m0/s1. The van der Waals surface area contributed by atoms with Crippen LogP contribution in [0, 0.1) is 19.8 Å². The Morgan fingerprint density at radius 3 is 2.54 bits per heavy atom. The van der Waals surface area contributed by atoms with Crippen LogP contribution in [0.1, 0.15) is 17.5 Å². The highest BCUT2D eigenvalue weighted by atomic mass is 79.9. The molecule has 2 amide bonds. The van der Waals surface area contributed by atoms with Crippen molar-refractivity contribution in [3.05, 3.63) is 58.1 Å². The normalized spacial score (nSPS) is 17.2. The molecule has 0 bridgehead atoms. The molecule has 1 heterocycles. The van der Waals surface area contributed by atoms with Crippen molar-refractivity contribution in [1.82, 2.24) is 0 Å². The molecule has 0 radical (unpaired) electrons. The average Bonchev–Trinajstić information content (AvgIpc) is 2.91. The molecule has 0 aliphatic carbocycles. The van der Waals surface area contributed by atoms with Crippen LogP contribution in [-0.4, -0.2) is 18.4 Å². The molecule has 0 aromatic heterocycles. The topological polar surface area (TPSA) is 49.4 Å². The Morgan fingerprint density at radius 2 is 1.88 bits per heavy atom. The third kappa shape index (κ3) is 3.51. The number of benzene rings is 2. The number of hydrogen-bond acceptors (Lipinski definition) is 2. The fraction of sp³-hybridized carbons (Fsp3) is 0.263. The first-order chi connectivity index (χ1) is 11.4. The van der Waals surface area contributed by atoms with E-state index in [9.17, 15) is 9.59 Å². The molecular formula is C19H19BrN2O2. The van der Waals surface area contributed by atoms with E-state index in [1.165, 1.54) is 0 Å². The van der Waals surface area contributed by atoms with E-state index in [1.54, 1.807) is 4.90 Å². The Bertz CT molecular complexity index is 786. The number of anilines is 2. The van der Waals surface area contributed by atoms with Gasteiger partial charge in [0.1, 0.15) is 0 Å². The summed E-state index contributed by atoms with van der Waals surface area (Å²) >= 11 is 3.37. The SMILES string of the molecule is Cc1ccc(N2C[C@@H](C(=O)Nc3ccc(Br)cc3)CC2=O)c(C)c1. The number of carbonyl (C=O) groups is 2. The van der Waals surface area contributed by atoms with Gasteiger partial charge in [-0.2, -0.15) is 0 Å². The maximum Gasteiger partial charge on any atom is 0.229 e. The van der Waals surface area contributed by atoms with Gasteiger partial charge >= 0.3 is 0 Å². The molecule has 0 spiro atoms. The maximum atomic E-state index is 12.5. The molecule has 1 fully saturated rings. The zero-order valence-electron chi connectivity index (χ0n) is 13.7. The molecule has 2 aromatic carbocycles. The molecule has 1 saturated heterocycles. The lowest BCUT2D eigenvalue weighted by atomic mass is 10.1. The second kappa shape index (κ2) is 6.77. The minimum Gasteiger partial charge on any atom is -0.326 e. The first-order valence-corrected chi connectivity index (χ1v) is 8.67. The lowest BCUT2D eigenvalue weighted by Gasteiger charge is -2.19. The van der Waals surface area contributed by atoms with Gasteiger partial charge in [-0.3, -0.25) is 9.59 Å². The molecular weight excluding hydrogens is 368 g/mol. The van der Waals surface area contributed by atoms with E-state index >= 15 is 0 Å². The summed E-state index contributed by atoms with van der Waals surface area (Å²) in [6.45, 7) is 4.44. The Labute approximate surface area is 150 Å². The zero-order valence-corrected chi connectivity index (χ0v) is 15.3. The van der Waals surface area contributed by atoms with E-state index in [0.29, 0.717) is 6.54 Å². The van der Waals surface area contributed by atoms with Crippen LogP contribution < -0.4 is 10.2 Å². The van der Waals surface area contributed by atoms with Crippen molar-refractivity contribution in [2.45, 2.75) is 20.3 Å². The molecule has 0 unspecified atom stereocenters. The van der Waals surface area contributed by atoms with E-state index in [0.717, 1.165) is 27.0 Å². The number of halogens is 1. The summed E-state index contributed by atoms with van der Waals surface area (Å²) in [7, 11) is 0. The van der Waals surface area contributed by atoms with Crippen molar-refractivity contribution >= 4 is 39.1 Å². The quantitative estimate of drug-likeness (QED) is 0.864. The smallest absolute Gasteiger partial charge is 0.229 e. The van der Waals surface area contributed by atoms with Gasteiger partial charge in [0.15, 0.2) is 0 Å². The Balaban J connectivity index is 1.72. The van der Waals surface area contributed by atoms with Gasteiger partial charge in [-0.25, -0.2) is 0 Å². The second-order valence-corrected chi connectivity index (χ2v) is 7.11. The van der Waals surface area contributed by atoms with E-state index in [-0.39, 0.29) is 24.2 Å². The largest absolute Gasteiger partial charge is 0.326 e. The fourth-order valence-electron chi connectivity index (χ4n) is 3.00. The third-order valence-electron chi connectivity index (χ3n) is 4.25. The maximum absolute atomic E-state index is 12.5. The zero-order chi connectivity index (χ0) is 17.3. The Morgan fingerprint density at radius 1 is 1.17 bits per heavy atom. The molecule has 124 valence electrons. The van der Waals surface area contributed by atoms with Gasteiger partial charge in [0.25, 0.3) is 0 Å². The average molecular weight is 387 g/mol. The number of hydrogen-bond donors (Lipinski definition) is 1. The van der Waals surface area contributed by atoms with Crippen LogP contribution in [-0.2, 0) is 9.59 Å². The van der Waals surface area contributed by atoms with Crippen LogP contribution in [0.25, 0.3) is 0 Å². The minimum absolute atomic E-state index is 0.00194. The van der Waals surface area contributed by atoms with Crippen LogP contribution >= 0.6 is 15.9 Å². The van der Waals surface area contributed by atoms with Crippen molar-refractivity contribution < 1.29 is 9.59 Å². The number of amides is 2. The third-order valence-corrected chi connectivity index (χ3v) is 4.78. The molecule has 1 aliphatic heterocycles. The van der Waals surface area contributed by atoms with Crippen molar-refractivity contribution in [3.8, 4) is 0 Å². The van der Waals surface area contributed by atoms with Crippen LogP contribution in [0.5, 0.6) is 0 Å². The number of nitrogens with one attached hydrogen (secondary N) is 1. The lowest BCUT2D eigenvalue weighted by molar-refractivity contribution is -0.122. The van der Waals surface area contributed by atoms with Crippen LogP contribution in [0.2, 0.25) is 0 Å². The van der Waals surface area contributed by atoms with Gasteiger partial charge < -0.3 is 10.2 Å². The van der Waals surface area contributed by atoms with Crippen LogP contribution in [0.4, 0.5) is 11.4 Å². The van der Waals surface area contributed by atoms with E-state index in [2.05, 4.69) is 27.3 Å². The van der Waals surface area contributed by atoms with Gasteiger partial charge in [0.05, 0.1) is 5.92 Å². The van der Waals surface area contributed by atoms with Crippen molar-refractivity contribution in [3.63, 3.8) is 0 Å². The van der Waals surface area contributed by atoms with E-state index < -0.39 is 0 Å². The molecule has 5 heteroatoms. The molecule has 1 N–H and O–H groups in total. The summed E-state index contributed by atoms with van der Waals surface area (Å²) in [4.78, 5) is 26.5. The number of rotatable bonds is 3. The van der Waals surface area contributed by atoms with Crippen molar-refractivity contribution in [1.29, 1.82) is 0 Å². The highest BCUT2D eigenvalue weighted by Gasteiger charge is 2.35. The summed E-state index contributed by atoms with van der Waals surface area (Å²) < 4.78 is 0.956. The molecule has 4 nitrogen and oxygen atoms in total. The number of carbonyl (C=O) groups excluding carboxylic acids is 2. The fourth-order valence-corrected chi connectivity index (χ4v) is 3.27. The summed E-state index contributed by atoms with van der Waals surface area (Å²) in [6.07, 6.45) is 0.246. The Hall–Kier alpha value is -2.14. The predicted octanol–water partition coefficient (Wildman–Crippen LogP) is 4.06. The first-order valence-electron chi connectivity index (χ1n) is 7.88. The monoisotopic (exact) mass is 386 g/mol. The molecule has 0 saturated carbocycles. The lowest BCUT2D eigenvalue weighted by Crippen LogP contribution is -2.28. The predicted molar refractivity (Wildman–Crippen MR) is 99.1 cm³/mol. The van der Waals surface area contributed by atoms with Gasteiger partial charge in [-0.05, 0) is 49.7 Å². The van der Waals surface area contributed by atoms with Crippen LogP contribution in [0.15, 0.2) is 46.9 Å². The number of aryl methyl sites for hydroxylation is 2. The van der Waals surface area contributed by atoms with Gasteiger partial charge in [-0.1, -0.05) is 33.6 Å². The summed E-state index contributed by atoms with van der Waals surface area (Å²) in [5.74, 6) is -0.447. The molecule has 1 atom stereocenters. The summed E-state index contributed by atoms with van der Waals surface area (Å²) in [5, 5.41) is 2.89. The minimum atomic E-state index is -0.332.